The Hall–Kier alpha value is -0.120. The molecule has 3 heteroatoms. The summed E-state index contributed by atoms with van der Waals surface area (Å²) in [4.78, 5) is 0. The van der Waals surface area contributed by atoms with Crippen LogP contribution in [0.2, 0.25) is 0 Å². The lowest BCUT2D eigenvalue weighted by Crippen LogP contribution is -2.41. The fraction of sp³-hybridized carbons (Fsp3) is 1.00. The van der Waals surface area contributed by atoms with Crippen molar-refractivity contribution in [3.8, 4) is 0 Å². The number of ether oxygens (including phenoxy) is 2. The van der Waals surface area contributed by atoms with Crippen LogP contribution in [0.25, 0.3) is 0 Å². The highest BCUT2D eigenvalue weighted by atomic mass is 16.5. The average molecular weight is 201 g/mol. The van der Waals surface area contributed by atoms with Gasteiger partial charge in [-0.2, -0.15) is 0 Å². The molecule has 1 aliphatic heterocycles. The molecule has 1 aliphatic rings. The molecule has 2 unspecified atom stereocenters. The quantitative estimate of drug-likeness (QED) is 0.730. The molecule has 0 aromatic carbocycles. The lowest BCUT2D eigenvalue weighted by Gasteiger charge is -2.31. The maximum atomic E-state index is 5.55. The van der Waals surface area contributed by atoms with Gasteiger partial charge in [-0.3, -0.25) is 0 Å². The molecule has 1 saturated heterocycles. The van der Waals surface area contributed by atoms with Crippen molar-refractivity contribution >= 4 is 0 Å². The minimum absolute atomic E-state index is 0.340. The van der Waals surface area contributed by atoms with Crippen molar-refractivity contribution < 1.29 is 9.47 Å². The van der Waals surface area contributed by atoms with Gasteiger partial charge in [-0.15, -0.1) is 0 Å². The van der Waals surface area contributed by atoms with E-state index in [1.54, 1.807) is 0 Å². The van der Waals surface area contributed by atoms with E-state index in [1.807, 2.05) is 7.05 Å². The second kappa shape index (κ2) is 6.38. The van der Waals surface area contributed by atoms with E-state index >= 15 is 0 Å². The summed E-state index contributed by atoms with van der Waals surface area (Å²) in [6.45, 7) is 6.78. The van der Waals surface area contributed by atoms with Gasteiger partial charge in [0.15, 0.2) is 0 Å². The molecule has 0 aromatic heterocycles. The molecule has 2 atom stereocenters. The van der Waals surface area contributed by atoms with Gasteiger partial charge in [0.2, 0.25) is 0 Å². The van der Waals surface area contributed by atoms with Crippen LogP contribution in [0, 0.1) is 5.92 Å². The molecular weight excluding hydrogens is 178 g/mol. The van der Waals surface area contributed by atoms with Gasteiger partial charge in [0.1, 0.15) is 0 Å². The maximum absolute atomic E-state index is 5.55. The van der Waals surface area contributed by atoms with E-state index in [-0.39, 0.29) is 0 Å². The van der Waals surface area contributed by atoms with Crippen molar-refractivity contribution in [2.24, 2.45) is 5.92 Å². The number of nitrogens with one attached hydrogen (secondary N) is 1. The highest BCUT2D eigenvalue weighted by Crippen LogP contribution is 2.18. The Kier molecular flexibility index (Phi) is 5.45. The Bertz CT molecular complexity index is 150. The minimum Gasteiger partial charge on any atom is -0.381 e. The van der Waals surface area contributed by atoms with Gasteiger partial charge in [0.25, 0.3) is 0 Å². The summed E-state index contributed by atoms with van der Waals surface area (Å²) in [6.07, 6.45) is 2.57. The molecule has 14 heavy (non-hydrogen) atoms. The summed E-state index contributed by atoms with van der Waals surface area (Å²) >= 11 is 0. The summed E-state index contributed by atoms with van der Waals surface area (Å²) < 4.78 is 11.0. The van der Waals surface area contributed by atoms with Crippen LogP contribution in [0.5, 0.6) is 0 Å². The van der Waals surface area contributed by atoms with Gasteiger partial charge in [-0.05, 0) is 39.7 Å². The van der Waals surface area contributed by atoms with Gasteiger partial charge in [0.05, 0.1) is 12.7 Å². The lowest BCUT2D eigenvalue weighted by atomic mass is 9.93. The van der Waals surface area contributed by atoms with Gasteiger partial charge < -0.3 is 14.8 Å². The molecule has 1 rings (SSSR count). The molecule has 0 bridgehead atoms. The van der Waals surface area contributed by atoms with Crippen molar-refractivity contribution in [1.82, 2.24) is 5.32 Å². The summed E-state index contributed by atoms with van der Waals surface area (Å²) in [5.74, 6) is 0.618. The zero-order valence-corrected chi connectivity index (χ0v) is 9.58. The van der Waals surface area contributed by atoms with Crippen LogP contribution in [0.1, 0.15) is 26.7 Å². The maximum Gasteiger partial charge on any atom is 0.0518 e. The molecule has 0 radical (unpaired) electrons. The largest absolute Gasteiger partial charge is 0.381 e. The summed E-state index contributed by atoms with van der Waals surface area (Å²) in [6, 6.07) is 0.611. The number of hydrogen-bond donors (Lipinski definition) is 1. The van der Waals surface area contributed by atoms with Crippen LogP contribution in [-0.4, -0.2) is 39.0 Å². The molecule has 1 heterocycles. The first-order valence-corrected chi connectivity index (χ1v) is 5.60. The second-order valence-corrected chi connectivity index (χ2v) is 4.23. The van der Waals surface area contributed by atoms with Crippen molar-refractivity contribution in [2.45, 2.75) is 38.8 Å². The Balaban J connectivity index is 2.19. The van der Waals surface area contributed by atoms with E-state index in [0.29, 0.717) is 18.1 Å². The molecule has 1 N–H and O–H groups in total. The Morgan fingerprint density at radius 2 is 2.29 bits per heavy atom. The van der Waals surface area contributed by atoms with Gasteiger partial charge >= 0.3 is 0 Å². The molecule has 0 saturated carbocycles. The summed E-state index contributed by atoms with van der Waals surface area (Å²) in [7, 11) is 2.03. The molecular formula is C11H23NO2. The zero-order valence-electron chi connectivity index (χ0n) is 9.58. The van der Waals surface area contributed by atoms with Crippen LogP contribution in [0.3, 0.4) is 0 Å². The molecule has 3 nitrogen and oxygen atoms in total. The monoisotopic (exact) mass is 201 g/mol. The van der Waals surface area contributed by atoms with Crippen LogP contribution in [0.4, 0.5) is 0 Å². The molecule has 0 aliphatic carbocycles. The van der Waals surface area contributed by atoms with Gasteiger partial charge in [-0.1, -0.05) is 0 Å². The fourth-order valence-corrected chi connectivity index (χ4v) is 1.92. The van der Waals surface area contributed by atoms with Crippen molar-refractivity contribution in [2.75, 3.05) is 26.9 Å². The molecule has 84 valence electrons. The van der Waals surface area contributed by atoms with E-state index in [4.69, 9.17) is 9.47 Å². The molecule has 0 amide bonds. The van der Waals surface area contributed by atoms with Crippen molar-refractivity contribution in [1.29, 1.82) is 0 Å². The number of hydrogen-bond acceptors (Lipinski definition) is 3. The third-order valence-corrected chi connectivity index (χ3v) is 2.78. The van der Waals surface area contributed by atoms with E-state index in [1.165, 1.54) is 0 Å². The SMILES string of the molecule is CNC1CCOCC1CCOC(C)C. The normalized spacial score (nSPS) is 28.3. The van der Waals surface area contributed by atoms with Crippen LogP contribution >= 0.6 is 0 Å². The average Bonchev–Trinajstić information content (AvgIpc) is 2.18. The second-order valence-electron chi connectivity index (χ2n) is 4.23. The number of rotatable bonds is 5. The zero-order chi connectivity index (χ0) is 10.4. The van der Waals surface area contributed by atoms with Crippen LogP contribution in [0.15, 0.2) is 0 Å². The predicted octanol–water partition coefficient (Wildman–Crippen LogP) is 1.43. The molecule has 0 aromatic rings. The fourth-order valence-electron chi connectivity index (χ4n) is 1.92. The Morgan fingerprint density at radius 3 is 2.93 bits per heavy atom. The molecule has 1 fully saturated rings. The highest BCUT2D eigenvalue weighted by molar-refractivity contribution is 4.78. The van der Waals surface area contributed by atoms with E-state index in [2.05, 4.69) is 19.2 Å². The third-order valence-electron chi connectivity index (χ3n) is 2.78. The smallest absolute Gasteiger partial charge is 0.0518 e. The van der Waals surface area contributed by atoms with Gasteiger partial charge in [-0.25, -0.2) is 0 Å². The Labute approximate surface area is 87.2 Å². The summed E-state index contributed by atoms with van der Waals surface area (Å²) in [5.41, 5.74) is 0. The van der Waals surface area contributed by atoms with Crippen LogP contribution in [-0.2, 0) is 9.47 Å². The lowest BCUT2D eigenvalue weighted by molar-refractivity contribution is 0.00632. The third kappa shape index (κ3) is 3.95. The van der Waals surface area contributed by atoms with E-state index in [9.17, 15) is 0 Å². The first-order valence-electron chi connectivity index (χ1n) is 5.60. The first kappa shape index (κ1) is 12.0. The standard InChI is InChI=1S/C11H23NO2/c1-9(2)14-7-4-10-8-13-6-5-11(10)12-3/h9-12H,4-8H2,1-3H3. The van der Waals surface area contributed by atoms with E-state index in [0.717, 1.165) is 32.7 Å². The Morgan fingerprint density at radius 1 is 1.50 bits per heavy atom. The minimum atomic E-state index is 0.340. The van der Waals surface area contributed by atoms with Crippen LogP contribution < -0.4 is 5.32 Å². The first-order chi connectivity index (χ1) is 6.74. The van der Waals surface area contributed by atoms with E-state index < -0.39 is 0 Å². The highest BCUT2D eigenvalue weighted by Gasteiger charge is 2.23. The van der Waals surface area contributed by atoms with Crippen molar-refractivity contribution in [3.05, 3.63) is 0 Å². The topological polar surface area (TPSA) is 30.5 Å². The predicted molar refractivity (Wildman–Crippen MR) is 57.5 cm³/mol. The van der Waals surface area contributed by atoms with Gasteiger partial charge in [0, 0.05) is 19.3 Å². The van der Waals surface area contributed by atoms with Crippen molar-refractivity contribution in [3.63, 3.8) is 0 Å². The summed E-state index contributed by atoms with van der Waals surface area (Å²) in [5, 5.41) is 3.36. The molecule has 0 spiro atoms.